The molecule has 0 radical (unpaired) electrons. The Morgan fingerprint density at radius 2 is 2.45 bits per heavy atom. The number of nitrogens with one attached hydrogen (secondary N) is 2. The summed E-state index contributed by atoms with van der Waals surface area (Å²) in [6, 6.07) is 0. The van der Waals surface area contributed by atoms with Crippen LogP contribution >= 0.6 is 0 Å². The largest absolute Gasteiger partial charge is 0.361 e. The minimum Gasteiger partial charge on any atom is -0.361 e. The number of hydrogen-bond donors (Lipinski definition) is 3. The molecule has 1 fully saturated rings. The van der Waals surface area contributed by atoms with Crippen molar-refractivity contribution in [3.8, 4) is 0 Å². The van der Waals surface area contributed by atoms with E-state index in [-0.39, 0.29) is 6.29 Å². The van der Waals surface area contributed by atoms with E-state index in [2.05, 4.69) is 28.9 Å². The Morgan fingerprint density at radius 3 is 3.36 bits per heavy atom. The zero-order valence-corrected chi connectivity index (χ0v) is 6.38. The molecule has 0 spiro atoms. The topological polar surface area (TPSA) is 50.1 Å². The fraction of sp³-hybridized carbons (Fsp3) is 0.500. The maximum atomic E-state index is 5.65. The van der Waals surface area contributed by atoms with E-state index in [0.29, 0.717) is 5.92 Å². The van der Waals surface area contributed by atoms with Gasteiger partial charge >= 0.3 is 0 Å². The lowest BCUT2D eigenvalue weighted by molar-refractivity contribution is 0.351. The van der Waals surface area contributed by atoms with Crippen molar-refractivity contribution in [1.82, 2.24) is 10.6 Å². The first kappa shape index (κ1) is 6.88. The van der Waals surface area contributed by atoms with E-state index in [4.69, 9.17) is 5.73 Å². The molecule has 3 heteroatoms. The van der Waals surface area contributed by atoms with Crippen molar-refractivity contribution in [3.63, 3.8) is 0 Å². The average molecular weight is 151 g/mol. The Hall–Kier alpha value is -0.800. The molecule has 2 rings (SSSR count). The van der Waals surface area contributed by atoms with Crippen molar-refractivity contribution in [1.29, 1.82) is 0 Å². The minimum atomic E-state index is -0.0657. The molecule has 3 nitrogen and oxygen atoms in total. The third-order valence-electron chi connectivity index (χ3n) is 2.18. The highest BCUT2D eigenvalue weighted by molar-refractivity contribution is 5.21. The quantitative estimate of drug-likeness (QED) is 0.452. The summed E-state index contributed by atoms with van der Waals surface area (Å²) >= 11 is 0. The maximum Gasteiger partial charge on any atom is 0.129 e. The number of rotatable bonds is 0. The van der Waals surface area contributed by atoms with Gasteiger partial charge in [0.05, 0.1) is 0 Å². The molecule has 2 aliphatic rings. The Labute approximate surface area is 66.3 Å². The van der Waals surface area contributed by atoms with Crippen molar-refractivity contribution >= 4 is 0 Å². The Kier molecular flexibility index (Phi) is 1.68. The van der Waals surface area contributed by atoms with Gasteiger partial charge < -0.3 is 5.32 Å². The summed E-state index contributed by atoms with van der Waals surface area (Å²) in [5.74, 6) is 0.611. The number of nitrogens with two attached hydrogens (primary N) is 1. The molecule has 0 amide bonds. The first-order chi connectivity index (χ1) is 5.36. The van der Waals surface area contributed by atoms with Crippen molar-refractivity contribution in [2.45, 2.75) is 12.7 Å². The van der Waals surface area contributed by atoms with Gasteiger partial charge in [-0.05, 0) is 12.5 Å². The SMILES string of the molecule is NC1NCC2CC=CC=C2N1. The van der Waals surface area contributed by atoms with Crippen LogP contribution in [0, 0.1) is 5.92 Å². The Balaban J connectivity index is 2.12. The van der Waals surface area contributed by atoms with Crippen LogP contribution in [-0.2, 0) is 0 Å². The molecule has 0 aromatic carbocycles. The number of fused-ring (bicyclic) bond motifs is 1. The lowest BCUT2D eigenvalue weighted by Crippen LogP contribution is -2.56. The normalized spacial score (nSPS) is 35.5. The van der Waals surface area contributed by atoms with Gasteiger partial charge in [-0.15, -0.1) is 0 Å². The highest BCUT2D eigenvalue weighted by atomic mass is 15.2. The first-order valence-corrected chi connectivity index (χ1v) is 3.98. The molecule has 0 saturated carbocycles. The third kappa shape index (κ3) is 1.29. The summed E-state index contributed by atoms with van der Waals surface area (Å²) in [7, 11) is 0. The molecular weight excluding hydrogens is 138 g/mol. The predicted molar refractivity (Wildman–Crippen MR) is 44.4 cm³/mol. The van der Waals surface area contributed by atoms with E-state index in [0.717, 1.165) is 13.0 Å². The summed E-state index contributed by atoms with van der Waals surface area (Å²) in [5.41, 5.74) is 6.93. The molecule has 1 aliphatic heterocycles. The van der Waals surface area contributed by atoms with Crippen molar-refractivity contribution in [3.05, 3.63) is 23.9 Å². The lowest BCUT2D eigenvalue weighted by Gasteiger charge is -2.32. The second-order valence-electron chi connectivity index (χ2n) is 3.01. The van der Waals surface area contributed by atoms with Gasteiger partial charge in [-0.1, -0.05) is 12.2 Å². The monoisotopic (exact) mass is 151 g/mol. The maximum absolute atomic E-state index is 5.65. The van der Waals surface area contributed by atoms with E-state index < -0.39 is 0 Å². The van der Waals surface area contributed by atoms with Crippen LogP contribution < -0.4 is 16.4 Å². The van der Waals surface area contributed by atoms with Gasteiger partial charge in [-0.25, -0.2) is 0 Å². The van der Waals surface area contributed by atoms with E-state index in [1.54, 1.807) is 0 Å². The number of hydrogen-bond acceptors (Lipinski definition) is 3. The van der Waals surface area contributed by atoms with Gasteiger partial charge in [-0.3, -0.25) is 11.1 Å². The van der Waals surface area contributed by atoms with E-state index >= 15 is 0 Å². The molecule has 0 bridgehead atoms. The molecule has 1 aliphatic carbocycles. The van der Waals surface area contributed by atoms with Crippen LogP contribution in [0.25, 0.3) is 0 Å². The highest BCUT2D eigenvalue weighted by Crippen LogP contribution is 2.19. The zero-order chi connectivity index (χ0) is 7.68. The molecule has 2 unspecified atom stereocenters. The smallest absolute Gasteiger partial charge is 0.129 e. The van der Waals surface area contributed by atoms with Crippen LogP contribution in [0.15, 0.2) is 23.9 Å². The van der Waals surface area contributed by atoms with E-state index in [9.17, 15) is 0 Å². The van der Waals surface area contributed by atoms with Crippen molar-refractivity contribution in [2.24, 2.45) is 11.7 Å². The molecule has 1 saturated heterocycles. The van der Waals surface area contributed by atoms with Crippen LogP contribution in [0.5, 0.6) is 0 Å². The molecular formula is C8H13N3. The van der Waals surface area contributed by atoms with Crippen LogP contribution in [0.1, 0.15) is 6.42 Å². The van der Waals surface area contributed by atoms with Gasteiger partial charge in [0, 0.05) is 18.2 Å². The molecule has 2 atom stereocenters. The average Bonchev–Trinajstić information content (AvgIpc) is 2.04. The first-order valence-electron chi connectivity index (χ1n) is 3.98. The fourth-order valence-corrected chi connectivity index (χ4v) is 1.54. The predicted octanol–water partition coefficient (Wildman–Crippen LogP) is -0.119. The summed E-state index contributed by atoms with van der Waals surface area (Å²) in [6.07, 6.45) is 7.43. The molecule has 60 valence electrons. The van der Waals surface area contributed by atoms with Crippen molar-refractivity contribution < 1.29 is 0 Å². The second kappa shape index (κ2) is 2.68. The minimum absolute atomic E-state index is 0.0657. The van der Waals surface area contributed by atoms with Crippen LogP contribution in [-0.4, -0.2) is 12.8 Å². The van der Waals surface area contributed by atoms with Gasteiger partial charge in [-0.2, -0.15) is 0 Å². The highest BCUT2D eigenvalue weighted by Gasteiger charge is 2.21. The Bertz CT molecular complexity index is 207. The second-order valence-corrected chi connectivity index (χ2v) is 3.01. The molecule has 1 heterocycles. The van der Waals surface area contributed by atoms with Crippen LogP contribution in [0.2, 0.25) is 0 Å². The summed E-state index contributed by atoms with van der Waals surface area (Å²) in [4.78, 5) is 0. The zero-order valence-electron chi connectivity index (χ0n) is 6.38. The number of allylic oxidation sites excluding steroid dienone is 3. The molecule has 0 aromatic heterocycles. The van der Waals surface area contributed by atoms with Crippen LogP contribution in [0.3, 0.4) is 0 Å². The molecule has 11 heavy (non-hydrogen) atoms. The van der Waals surface area contributed by atoms with Gasteiger partial charge in [0.25, 0.3) is 0 Å². The van der Waals surface area contributed by atoms with Gasteiger partial charge in [0.1, 0.15) is 6.29 Å². The third-order valence-corrected chi connectivity index (χ3v) is 2.18. The van der Waals surface area contributed by atoms with Gasteiger partial charge in [0.2, 0.25) is 0 Å². The van der Waals surface area contributed by atoms with Crippen LogP contribution in [0.4, 0.5) is 0 Å². The lowest BCUT2D eigenvalue weighted by atomic mass is 9.95. The summed E-state index contributed by atoms with van der Waals surface area (Å²) in [6.45, 7) is 0.990. The van der Waals surface area contributed by atoms with Crippen molar-refractivity contribution in [2.75, 3.05) is 6.54 Å². The Morgan fingerprint density at radius 1 is 1.55 bits per heavy atom. The van der Waals surface area contributed by atoms with Gasteiger partial charge in [0.15, 0.2) is 0 Å². The fourth-order valence-electron chi connectivity index (χ4n) is 1.54. The molecule has 4 N–H and O–H groups in total. The van der Waals surface area contributed by atoms with E-state index in [1.165, 1.54) is 5.70 Å². The standard InChI is InChI=1S/C8H13N3/c9-8-10-5-6-3-1-2-4-7(6)11-8/h1-2,4,6,8,10-11H,3,5,9H2. The summed E-state index contributed by atoms with van der Waals surface area (Å²) < 4.78 is 0. The van der Waals surface area contributed by atoms with E-state index in [1.807, 2.05) is 0 Å². The summed E-state index contributed by atoms with van der Waals surface area (Å²) in [5, 5.41) is 6.37. The molecule has 0 aromatic rings.